The lowest BCUT2D eigenvalue weighted by atomic mass is 9.86. The zero-order valence-corrected chi connectivity index (χ0v) is 17.1. The van der Waals surface area contributed by atoms with Crippen LogP contribution in [0.5, 0.6) is 0 Å². The molecule has 7 heteroatoms. The number of amides is 1. The maximum atomic E-state index is 12.4. The molecule has 3 rings (SSSR count). The summed E-state index contributed by atoms with van der Waals surface area (Å²) in [6.07, 6.45) is 4.42. The van der Waals surface area contributed by atoms with Crippen LogP contribution in [0.4, 0.5) is 0 Å². The van der Waals surface area contributed by atoms with E-state index < -0.39 is 0 Å². The normalized spacial score (nSPS) is 25.8. The first kappa shape index (κ1) is 19.5. The fraction of sp³-hybridized carbons (Fsp3) is 0.737. The number of carbonyl (C=O) groups is 1. The Labute approximate surface area is 161 Å². The van der Waals surface area contributed by atoms with Crippen molar-refractivity contribution < 1.29 is 4.79 Å². The van der Waals surface area contributed by atoms with Gasteiger partial charge in [-0.3, -0.25) is 14.6 Å². The van der Waals surface area contributed by atoms with Gasteiger partial charge >= 0.3 is 0 Å². The number of piperazine rings is 1. The summed E-state index contributed by atoms with van der Waals surface area (Å²) < 4.78 is 4.18. The smallest absolute Gasteiger partial charge is 0.222 e. The number of rotatable bonds is 5. The molecule has 1 aromatic rings. The molecule has 1 spiro atoms. The first-order chi connectivity index (χ1) is 12.4. The average molecular weight is 378 g/mol. The second-order valence-electron chi connectivity index (χ2n) is 7.97. The lowest BCUT2D eigenvalue weighted by molar-refractivity contribution is -0.130. The molecule has 1 aromatic heterocycles. The summed E-state index contributed by atoms with van der Waals surface area (Å²) in [5, 5.41) is 4.33. The summed E-state index contributed by atoms with van der Waals surface area (Å²) in [6.45, 7) is 13.7. The van der Waals surface area contributed by atoms with Gasteiger partial charge < -0.3 is 4.90 Å². The van der Waals surface area contributed by atoms with Gasteiger partial charge in [0.05, 0.1) is 10.6 Å². The number of nitrogens with zero attached hydrogens (tertiary/aromatic N) is 5. The van der Waals surface area contributed by atoms with Gasteiger partial charge in [-0.2, -0.15) is 0 Å². The highest BCUT2D eigenvalue weighted by molar-refractivity contribution is 7.05. The Morgan fingerprint density at radius 3 is 2.85 bits per heavy atom. The molecule has 0 unspecified atom stereocenters. The van der Waals surface area contributed by atoms with Crippen molar-refractivity contribution in [1.82, 2.24) is 24.3 Å². The van der Waals surface area contributed by atoms with Gasteiger partial charge in [0, 0.05) is 51.2 Å². The molecule has 0 bridgehead atoms. The number of likely N-dealkylation sites (tertiary alicyclic amines) is 1. The maximum Gasteiger partial charge on any atom is 0.222 e. The van der Waals surface area contributed by atoms with Crippen molar-refractivity contribution in [1.29, 1.82) is 0 Å². The van der Waals surface area contributed by atoms with E-state index in [0.29, 0.717) is 18.9 Å². The number of hydrogen-bond donors (Lipinski definition) is 0. The summed E-state index contributed by atoms with van der Waals surface area (Å²) in [5.74, 6) is 0.675. The van der Waals surface area contributed by atoms with Gasteiger partial charge in [-0.1, -0.05) is 24.4 Å². The van der Waals surface area contributed by atoms with E-state index in [2.05, 4.69) is 46.9 Å². The number of aromatic nitrogens is 2. The van der Waals surface area contributed by atoms with Crippen LogP contribution in [-0.4, -0.2) is 75.5 Å². The molecular weight excluding hydrogens is 346 g/mol. The van der Waals surface area contributed by atoms with Gasteiger partial charge in [0.1, 0.15) is 0 Å². The van der Waals surface area contributed by atoms with E-state index in [1.165, 1.54) is 16.4 Å². The van der Waals surface area contributed by atoms with E-state index in [-0.39, 0.29) is 11.4 Å². The van der Waals surface area contributed by atoms with Gasteiger partial charge in [0.15, 0.2) is 0 Å². The Morgan fingerprint density at radius 2 is 2.12 bits per heavy atom. The van der Waals surface area contributed by atoms with Crippen molar-refractivity contribution in [2.75, 3.05) is 39.8 Å². The van der Waals surface area contributed by atoms with Gasteiger partial charge in [-0.05, 0) is 37.3 Å². The van der Waals surface area contributed by atoms with E-state index in [1.54, 1.807) is 0 Å². The molecule has 0 aliphatic carbocycles. The molecule has 0 radical (unpaired) electrons. The minimum Gasteiger partial charge on any atom is -0.339 e. The molecule has 2 fully saturated rings. The first-order valence-corrected chi connectivity index (χ1v) is 10.4. The summed E-state index contributed by atoms with van der Waals surface area (Å²) >= 11 is 1.53. The van der Waals surface area contributed by atoms with Crippen molar-refractivity contribution in [3.8, 4) is 0 Å². The van der Waals surface area contributed by atoms with Crippen LogP contribution >= 0.6 is 11.5 Å². The topological polar surface area (TPSA) is 52.6 Å². The first-order valence-electron chi connectivity index (χ1n) is 9.58. The number of likely N-dealkylation sites (N-methyl/N-ethyl adjacent to an activating group) is 1. The van der Waals surface area contributed by atoms with Gasteiger partial charge in [-0.25, -0.2) is 0 Å². The highest BCUT2D eigenvalue weighted by atomic mass is 32.1. The van der Waals surface area contributed by atoms with Crippen molar-refractivity contribution in [2.24, 2.45) is 0 Å². The predicted octanol–water partition coefficient (Wildman–Crippen LogP) is 2.35. The molecular formula is C19H31N5OS. The summed E-state index contributed by atoms with van der Waals surface area (Å²) in [4.78, 5) is 20.7. The van der Waals surface area contributed by atoms with Crippen molar-refractivity contribution >= 4 is 17.4 Å². The van der Waals surface area contributed by atoms with Crippen LogP contribution in [-0.2, 0) is 11.3 Å². The summed E-state index contributed by atoms with van der Waals surface area (Å²) in [7, 11) is 2.22. The highest BCUT2D eigenvalue weighted by Gasteiger charge is 2.42. The largest absolute Gasteiger partial charge is 0.339 e. The number of carbonyl (C=O) groups excluding carboxylic acids is 1. The monoisotopic (exact) mass is 377 g/mol. The lowest BCUT2D eigenvalue weighted by Crippen LogP contribution is -2.60. The Kier molecular flexibility index (Phi) is 6.10. The van der Waals surface area contributed by atoms with Crippen molar-refractivity contribution in [2.45, 2.75) is 51.1 Å². The summed E-state index contributed by atoms with van der Waals surface area (Å²) in [6, 6.07) is 0. The highest BCUT2D eigenvalue weighted by Crippen LogP contribution is 2.33. The second kappa shape index (κ2) is 8.15. The zero-order chi connectivity index (χ0) is 18.7. The average Bonchev–Trinajstić information content (AvgIpc) is 3.02. The molecule has 144 valence electrons. The minimum atomic E-state index is 0.0833. The third-order valence-corrected chi connectivity index (χ3v) is 6.65. The molecule has 3 heterocycles. The van der Waals surface area contributed by atoms with Crippen LogP contribution in [0.15, 0.2) is 12.7 Å². The Bertz CT molecular complexity index is 646. The fourth-order valence-corrected chi connectivity index (χ4v) is 5.06. The molecule has 26 heavy (non-hydrogen) atoms. The van der Waals surface area contributed by atoms with Gasteiger partial charge in [-0.15, -0.1) is 11.7 Å². The van der Waals surface area contributed by atoms with Crippen molar-refractivity contribution in [3.05, 3.63) is 23.2 Å². The quantitative estimate of drug-likeness (QED) is 0.737. The van der Waals surface area contributed by atoms with Crippen LogP contribution in [0.3, 0.4) is 0 Å². The Morgan fingerprint density at radius 1 is 1.31 bits per heavy atom. The van der Waals surface area contributed by atoms with Crippen LogP contribution in [0.1, 0.15) is 49.6 Å². The minimum absolute atomic E-state index is 0.0833. The second-order valence-corrected chi connectivity index (χ2v) is 8.81. The van der Waals surface area contributed by atoms with E-state index in [4.69, 9.17) is 0 Å². The third kappa shape index (κ3) is 4.00. The van der Waals surface area contributed by atoms with E-state index in [9.17, 15) is 4.79 Å². The van der Waals surface area contributed by atoms with Crippen LogP contribution in [0.25, 0.3) is 0 Å². The molecule has 0 saturated carbocycles. The SMILES string of the molecule is C=CCN1CC[C@]2(CCC1=O)CN(Cc1snnc1C(C)C)CCN2C. The van der Waals surface area contributed by atoms with Crippen LogP contribution < -0.4 is 0 Å². The Balaban J connectivity index is 1.72. The zero-order valence-electron chi connectivity index (χ0n) is 16.3. The standard InChI is InChI=1S/C19H31N5OS/c1-5-9-24-10-8-19(7-6-17(24)25)14-23(12-11-22(19)4)13-16-18(15(2)3)20-21-26-16/h5,15H,1,6-14H2,2-4H3/t19-/m1/s1. The van der Waals surface area contributed by atoms with Gasteiger partial charge in [0.25, 0.3) is 0 Å². The molecule has 2 aliphatic heterocycles. The van der Waals surface area contributed by atoms with E-state index in [0.717, 1.165) is 51.3 Å². The molecule has 1 amide bonds. The molecule has 1 atom stereocenters. The van der Waals surface area contributed by atoms with Crippen molar-refractivity contribution in [3.63, 3.8) is 0 Å². The third-order valence-electron chi connectivity index (χ3n) is 5.93. The fourth-order valence-electron chi connectivity index (χ4n) is 4.23. The molecule has 0 aromatic carbocycles. The summed E-state index contributed by atoms with van der Waals surface area (Å²) in [5.41, 5.74) is 1.22. The lowest BCUT2D eigenvalue weighted by Gasteiger charge is -2.49. The van der Waals surface area contributed by atoms with E-state index in [1.807, 2.05) is 11.0 Å². The molecule has 2 saturated heterocycles. The Hall–Kier alpha value is -1.31. The number of hydrogen-bond acceptors (Lipinski definition) is 6. The maximum absolute atomic E-state index is 12.4. The van der Waals surface area contributed by atoms with E-state index >= 15 is 0 Å². The predicted molar refractivity (Wildman–Crippen MR) is 105 cm³/mol. The van der Waals surface area contributed by atoms with Crippen LogP contribution in [0.2, 0.25) is 0 Å². The van der Waals surface area contributed by atoms with Crippen LogP contribution in [0, 0.1) is 0 Å². The molecule has 6 nitrogen and oxygen atoms in total. The van der Waals surface area contributed by atoms with Gasteiger partial charge in [0.2, 0.25) is 5.91 Å². The molecule has 2 aliphatic rings. The molecule has 0 N–H and O–H groups in total.